The number of carbonyl (C=O) groups excluding carboxylic acids is 1. The summed E-state index contributed by atoms with van der Waals surface area (Å²) in [6, 6.07) is 0. The number of rotatable bonds is 3. The minimum atomic E-state index is -0.529. The summed E-state index contributed by atoms with van der Waals surface area (Å²) in [6.07, 6.45) is 3.21. The largest absolute Gasteiger partial charge is 0.350 e. The van der Waals surface area contributed by atoms with Crippen LogP contribution in [0.4, 0.5) is 0 Å². The first-order chi connectivity index (χ1) is 7.89. The molecule has 3 nitrogen and oxygen atoms in total. The average molecular weight is 236 g/mol. The Morgan fingerprint density at radius 2 is 2.00 bits per heavy atom. The van der Waals surface area contributed by atoms with Gasteiger partial charge >= 0.3 is 0 Å². The molecule has 3 heteroatoms. The van der Waals surface area contributed by atoms with Gasteiger partial charge in [0.15, 0.2) is 5.79 Å². The first-order valence-electron chi connectivity index (χ1n) is 5.77. The fourth-order valence-corrected chi connectivity index (χ4v) is 1.69. The second-order valence-electron chi connectivity index (χ2n) is 5.00. The maximum Gasteiger partial charge on any atom is 0.202 e. The quantitative estimate of drug-likeness (QED) is 0.428. The maximum absolute atomic E-state index is 10.8. The summed E-state index contributed by atoms with van der Waals surface area (Å²) in [5, 5.41) is 0. The van der Waals surface area contributed by atoms with Crippen LogP contribution in [-0.2, 0) is 14.3 Å². The van der Waals surface area contributed by atoms with E-state index in [0.29, 0.717) is 19.6 Å². The van der Waals surface area contributed by atoms with E-state index in [1.165, 1.54) is 6.92 Å². The average Bonchev–Trinajstić information content (AvgIpc) is 2.23. The van der Waals surface area contributed by atoms with Crippen molar-refractivity contribution in [2.24, 2.45) is 5.41 Å². The molecule has 0 radical (unpaired) electrons. The van der Waals surface area contributed by atoms with E-state index in [4.69, 9.17) is 9.47 Å². The molecule has 1 fully saturated rings. The highest BCUT2D eigenvalue weighted by Gasteiger charge is 2.38. The second-order valence-corrected chi connectivity index (χ2v) is 5.00. The van der Waals surface area contributed by atoms with Crippen molar-refractivity contribution in [1.82, 2.24) is 0 Å². The van der Waals surface area contributed by atoms with Crippen molar-refractivity contribution in [3.8, 4) is 11.8 Å². The Kier molecular flexibility index (Phi) is 4.50. The van der Waals surface area contributed by atoms with Crippen LogP contribution < -0.4 is 0 Å². The fraction of sp³-hybridized carbons (Fsp3) is 0.643. The van der Waals surface area contributed by atoms with E-state index >= 15 is 0 Å². The van der Waals surface area contributed by atoms with Crippen molar-refractivity contribution in [3.05, 3.63) is 12.7 Å². The molecule has 94 valence electrons. The summed E-state index contributed by atoms with van der Waals surface area (Å²) in [4.78, 5) is 10.8. The molecule has 0 aromatic carbocycles. The minimum Gasteiger partial charge on any atom is -0.350 e. The predicted octanol–water partition coefficient (Wildman–Crippen LogP) is 2.31. The standard InChI is InChI=1S/C14H20O3/c1-5-8-14(9-6-7-12(2)15)10-16-13(3,4)17-11-14/h5H,1,8-11H2,2-4H3. The Morgan fingerprint density at radius 3 is 2.47 bits per heavy atom. The Balaban J connectivity index is 2.69. The number of carbonyl (C=O) groups is 1. The molecule has 0 aliphatic carbocycles. The van der Waals surface area contributed by atoms with Gasteiger partial charge in [0.05, 0.1) is 13.2 Å². The lowest BCUT2D eigenvalue weighted by Gasteiger charge is -2.42. The smallest absolute Gasteiger partial charge is 0.202 e. The summed E-state index contributed by atoms with van der Waals surface area (Å²) in [7, 11) is 0. The van der Waals surface area contributed by atoms with Crippen LogP contribution >= 0.6 is 0 Å². The van der Waals surface area contributed by atoms with E-state index < -0.39 is 5.79 Å². The third-order valence-corrected chi connectivity index (χ3v) is 2.76. The molecule has 17 heavy (non-hydrogen) atoms. The van der Waals surface area contributed by atoms with Crippen molar-refractivity contribution in [3.63, 3.8) is 0 Å². The molecule has 0 bridgehead atoms. The molecule has 1 heterocycles. The van der Waals surface area contributed by atoms with E-state index in [0.717, 1.165) is 6.42 Å². The van der Waals surface area contributed by atoms with Crippen LogP contribution in [-0.4, -0.2) is 24.8 Å². The van der Waals surface area contributed by atoms with Gasteiger partial charge in [0, 0.05) is 18.8 Å². The zero-order chi connectivity index (χ0) is 12.9. The monoisotopic (exact) mass is 236 g/mol. The molecule has 0 aromatic heterocycles. The third-order valence-electron chi connectivity index (χ3n) is 2.76. The first-order valence-corrected chi connectivity index (χ1v) is 5.77. The van der Waals surface area contributed by atoms with Gasteiger partial charge in [-0.3, -0.25) is 4.79 Å². The fourth-order valence-electron chi connectivity index (χ4n) is 1.69. The topological polar surface area (TPSA) is 35.5 Å². The summed E-state index contributed by atoms with van der Waals surface area (Å²) < 4.78 is 11.3. The van der Waals surface area contributed by atoms with Crippen LogP contribution in [0.2, 0.25) is 0 Å². The molecule has 0 spiro atoms. The van der Waals surface area contributed by atoms with Gasteiger partial charge < -0.3 is 9.47 Å². The number of Topliss-reactive ketones (excluding diaryl/α,β-unsaturated/α-hetero) is 1. The SMILES string of the molecule is C=CCC1(CC#CC(C)=O)COC(C)(C)OC1. The van der Waals surface area contributed by atoms with Gasteiger partial charge in [0.25, 0.3) is 0 Å². The first kappa shape index (κ1) is 14.0. The lowest BCUT2D eigenvalue weighted by Crippen LogP contribution is -2.46. The van der Waals surface area contributed by atoms with Crippen LogP contribution in [0.5, 0.6) is 0 Å². The summed E-state index contributed by atoms with van der Waals surface area (Å²) in [5.41, 5.74) is -0.167. The highest BCUT2D eigenvalue weighted by atomic mass is 16.7. The molecule has 0 N–H and O–H groups in total. The van der Waals surface area contributed by atoms with Crippen LogP contribution in [0.15, 0.2) is 12.7 Å². The van der Waals surface area contributed by atoms with Gasteiger partial charge in [0.1, 0.15) is 0 Å². The van der Waals surface area contributed by atoms with Gasteiger partial charge in [-0.05, 0) is 26.2 Å². The number of ether oxygens (including phenoxy) is 2. The second kappa shape index (κ2) is 5.48. The lowest BCUT2D eigenvalue weighted by molar-refractivity contribution is -0.284. The van der Waals surface area contributed by atoms with Crippen LogP contribution in [0.25, 0.3) is 0 Å². The number of hydrogen-bond donors (Lipinski definition) is 0. The Labute approximate surface area is 103 Å². The van der Waals surface area contributed by atoms with E-state index in [2.05, 4.69) is 18.4 Å². The number of allylic oxidation sites excluding steroid dienone is 1. The molecule has 0 unspecified atom stereocenters. The van der Waals surface area contributed by atoms with Gasteiger partial charge in [-0.1, -0.05) is 12.0 Å². The number of hydrogen-bond acceptors (Lipinski definition) is 3. The van der Waals surface area contributed by atoms with Gasteiger partial charge in [-0.2, -0.15) is 0 Å². The Bertz CT molecular complexity index is 347. The van der Waals surface area contributed by atoms with Crippen molar-refractivity contribution in [2.75, 3.05) is 13.2 Å². The van der Waals surface area contributed by atoms with Gasteiger partial charge in [-0.25, -0.2) is 0 Å². The third kappa shape index (κ3) is 4.33. The molecule has 1 rings (SSSR count). The van der Waals surface area contributed by atoms with E-state index in [9.17, 15) is 4.79 Å². The molecular weight excluding hydrogens is 216 g/mol. The van der Waals surface area contributed by atoms with Gasteiger partial charge in [0.2, 0.25) is 5.78 Å². The van der Waals surface area contributed by atoms with Crippen LogP contribution in [0, 0.1) is 17.3 Å². The summed E-state index contributed by atoms with van der Waals surface area (Å²) >= 11 is 0. The molecule has 0 aromatic rings. The van der Waals surface area contributed by atoms with Crippen molar-refractivity contribution in [2.45, 2.75) is 39.4 Å². The normalized spacial score (nSPS) is 21.1. The molecule has 0 atom stereocenters. The van der Waals surface area contributed by atoms with Crippen LogP contribution in [0.1, 0.15) is 33.6 Å². The predicted molar refractivity (Wildman–Crippen MR) is 66.3 cm³/mol. The highest BCUT2D eigenvalue weighted by Crippen LogP contribution is 2.35. The summed E-state index contributed by atoms with van der Waals surface area (Å²) in [6.45, 7) is 10.2. The molecular formula is C14H20O3. The van der Waals surface area contributed by atoms with Crippen molar-refractivity contribution < 1.29 is 14.3 Å². The number of ketones is 1. The van der Waals surface area contributed by atoms with E-state index in [1.807, 2.05) is 19.9 Å². The Hall–Kier alpha value is -1.11. The van der Waals surface area contributed by atoms with Gasteiger partial charge in [-0.15, -0.1) is 6.58 Å². The minimum absolute atomic E-state index is 0.114. The van der Waals surface area contributed by atoms with Crippen LogP contribution in [0.3, 0.4) is 0 Å². The molecule has 1 saturated heterocycles. The zero-order valence-electron chi connectivity index (χ0n) is 10.8. The lowest BCUT2D eigenvalue weighted by atomic mass is 9.82. The summed E-state index contributed by atoms with van der Waals surface area (Å²) in [5.74, 6) is 4.82. The van der Waals surface area contributed by atoms with E-state index in [-0.39, 0.29) is 11.2 Å². The van der Waals surface area contributed by atoms with Crippen molar-refractivity contribution in [1.29, 1.82) is 0 Å². The Morgan fingerprint density at radius 1 is 1.41 bits per heavy atom. The highest BCUT2D eigenvalue weighted by molar-refractivity contribution is 5.93. The van der Waals surface area contributed by atoms with E-state index in [1.54, 1.807) is 0 Å². The molecule has 0 amide bonds. The molecule has 1 aliphatic rings. The molecule has 1 aliphatic heterocycles. The zero-order valence-corrected chi connectivity index (χ0v) is 10.8. The van der Waals surface area contributed by atoms with Crippen molar-refractivity contribution >= 4 is 5.78 Å². The molecule has 0 saturated carbocycles. The maximum atomic E-state index is 10.8.